The van der Waals surface area contributed by atoms with Crippen molar-refractivity contribution in [3.8, 4) is 10.6 Å². The second kappa shape index (κ2) is 3.94. The molecule has 4 nitrogen and oxygen atoms in total. The molecule has 3 N–H and O–H groups in total. The molecule has 2 aromatic heterocycles. The fraction of sp³-hybridized carbons (Fsp3) is 0.167. The topological polar surface area (TPSA) is 67.6 Å². The summed E-state index contributed by atoms with van der Waals surface area (Å²) in [5.74, 6) is 0.930. The van der Waals surface area contributed by atoms with Gasteiger partial charge in [0, 0.05) is 17.5 Å². The SMILES string of the molecule is Cc1nc2ccc(-c3nc(CN)cs3)cc2[nH]1. The van der Waals surface area contributed by atoms with Crippen molar-refractivity contribution in [3.05, 3.63) is 35.1 Å². The van der Waals surface area contributed by atoms with Crippen molar-refractivity contribution in [2.24, 2.45) is 5.73 Å². The highest BCUT2D eigenvalue weighted by atomic mass is 32.1. The number of fused-ring (bicyclic) bond motifs is 1. The minimum absolute atomic E-state index is 0.488. The number of rotatable bonds is 2. The monoisotopic (exact) mass is 244 g/mol. The molecule has 0 unspecified atom stereocenters. The number of nitrogens with one attached hydrogen (secondary N) is 1. The lowest BCUT2D eigenvalue weighted by atomic mass is 10.2. The highest BCUT2D eigenvalue weighted by Crippen LogP contribution is 2.26. The van der Waals surface area contributed by atoms with Gasteiger partial charge in [-0.15, -0.1) is 11.3 Å². The molecule has 3 aromatic rings. The second-order valence-corrected chi connectivity index (χ2v) is 4.76. The van der Waals surface area contributed by atoms with Crippen molar-refractivity contribution in [2.45, 2.75) is 13.5 Å². The normalized spacial score (nSPS) is 11.2. The Hall–Kier alpha value is -1.72. The van der Waals surface area contributed by atoms with E-state index in [1.54, 1.807) is 11.3 Å². The number of benzene rings is 1. The fourth-order valence-electron chi connectivity index (χ4n) is 1.80. The lowest BCUT2D eigenvalue weighted by Crippen LogP contribution is -1.95. The molecule has 1 aromatic carbocycles. The molecule has 0 radical (unpaired) electrons. The van der Waals surface area contributed by atoms with E-state index in [1.807, 2.05) is 24.4 Å². The molecule has 0 bridgehead atoms. The molecule has 0 aliphatic rings. The van der Waals surface area contributed by atoms with Gasteiger partial charge < -0.3 is 10.7 Å². The van der Waals surface area contributed by atoms with E-state index < -0.39 is 0 Å². The standard InChI is InChI=1S/C12H12N4S/c1-7-14-10-3-2-8(4-11(10)15-7)12-16-9(5-13)6-17-12/h2-4,6H,5,13H2,1H3,(H,14,15). The first-order valence-electron chi connectivity index (χ1n) is 5.37. The van der Waals surface area contributed by atoms with Gasteiger partial charge in [0.05, 0.1) is 16.7 Å². The molecule has 0 atom stereocenters. The maximum atomic E-state index is 5.56. The van der Waals surface area contributed by atoms with E-state index in [1.165, 1.54) is 0 Å². The Kier molecular flexibility index (Phi) is 2.42. The summed E-state index contributed by atoms with van der Waals surface area (Å²) in [5.41, 5.74) is 9.64. The van der Waals surface area contributed by atoms with Crippen LogP contribution in [0, 0.1) is 6.92 Å². The zero-order valence-electron chi connectivity index (χ0n) is 9.40. The predicted molar refractivity (Wildman–Crippen MR) is 69.8 cm³/mol. The van der Waals surface area contributed by atoms with Crippen molar-refractivity contribution in [3.63, 3.8) is 0 Å². The highest BCUT2D eigenvalue weighted by Gasteiger charge is 2.06. The van der Waals surface area contributed by atoms with E-state index in [-0.39, 0.29) is 0 Å². The minimum Gasteiger partial charge on any atom is -0.342 e. The summed E-state index contributed by atoms with van der Waals surface area (Å²) in [6.45, 7) is 2.44. The Labute approximate surface area is 103 Å². The third-order valence-corrected chi connectivity index (χ3v) is 3.55. The summed E-state index contributed by atoms with van der Waals surface area (Å²) in [6.07, 6.45) is 0. The van der Waals surface area contributed by atoms with Gasteiger partial charge >= 0.3 is 0 Å². The zero-order valence-corrected chi connectivity index (χ0v) is 10.2. The molecule has 0 aliphatic carbocycles. The average Bonchev–Trinajstić information content (AvgIpc) is 2.92. The average molecular weight is 244 g/mol. The molecule has 0 amide bonds. The van der Waals surface area contributed by atoms with Crippen molar-refractivity contribution in [1.82, 2.24) is 15.0 Å². The summed E-state index contributed by atoms with van der Waals surface area (Å²) in [4.78, 5) is 12.1. The first-order valence-corrected chi connectivity index (χ1v) is 6.25. The van der Waals surface area contributed by atoms with Crippen LogP contribution in [-0.4, -0.2) is 15.0 Å². The van der Waals surface area contributed by atoms with Crippen LogP contribution in [-0.2, 0) is 6.54 Å². The lowest BCUT2D eigenvalue weighted by molar-refractivity contribution is 1.01. The number of H-pyrrole nitrogens is 1. The predicted octanol–water partition coefficient (Wildman–Crippen LogP) is 2.45. The van der Waals surface area contributed by atoms with Crippen LogP contribution >= 0.6 is 11.3 Å². The van der Waals surface area contributed by atoms with E-state index in [2.05, 4.69) is 21.0 Å². The first-order chi connectivity index (χ1) is 8.26. The molecule has 0 aliphatic heterocycles. The van der Waals surface area contributed by atoms with Crippen LogP contribution in [0.25, 0.3) is 21.6 Å². The number of aryl methyl sites for hydroxylation is 1. The van der Waals surface area contributed by atoms with Gasteiger partial charge in [-0.05, 0) is 25.1 Å². The minimum atomic E-state index is 0.488. The molecule has 2 heterocycles. The zero-order chi connectivity index (χ0) is 11.8. The molecular weight excluding hydrogens is 232 g/mol. The molecule has 0 saturated heterocycles. The number of nitrogens with zero attached hydrogens (tertiary/aromatic N) is 2. The maximum absolute atomic E-state index is 5.56. The van der Waals surface area contributed by atoms with Gasteiger partial charge in [0.25, 0.3) is 0 Å². The van der Waals surface area contributed by atoms with Crippen molar-refractivity contribution >= 4 is 22.4 Å². The number of imidazole rings is 1. The maximum Gasteiger partial charge on any atom is 0.123 e. The second-order valence-electron chi connectivity index (χ2n) is 3.90. The number of nitrogens with two attached hydrogens (primary N) is 1. The summed E-state index contributed by atoms with van der Waals surface area (Å²) in [7, 11) is 0. The quantitative estimate of drug-likeness (QED) is 0.727. The van der Waals surface area contributed by atoms with Crippen LogP contribution in [0.15, 0.2) is 23.6 Å². The van der Waals surface area contributed by atoms with Crippen molar-refractivity contribution < 1.29 is 0 Å². The van der Waals surface area contributed by atoms with Gasteiger partial charge in [-0.25, -0.2) is 9.97 Å². The van der Waals surface area contributed by atoms with E-state index in [4.69, 9.17) is 5.73 Å². The van der Waals surface area contributed by atoms with Gasteiger partial charge in [0.1, 0.15) is 10.8 Å². The molecule has 0 fully saturated rings. The number of aromatic nitrogens is 3. The molecule has 17 heavy (non-hydrogen) atoms. The Bertz CT molecular complexity index is 668. The molecule has 5 heteroatoms. The van der Waals surface area contributed by atoms with E-state index in [0.29, 0.717) is 6.54 Å². The van der Waals surface area contributed by atoms with E-state index in [9.17, 15) is 0 Å². The largest absolute Gasteiger partial charge is 0.342 e. The Morgan fingerprint density at radius 2 is 2.24 bits per heavy atom. The summed E-state index contributed by atoms with van der Waals surface area (Å²) in [6, 6.07) is 6.13. The van der Waals surface area contributed by atoms with E-state index >= 15 is 0 Å². The molecule has 3 rings (SSSR count). The Balaban J connectivity index is 2.10. The number of hydrogen-bond donors (Lipinski definition) is 2. The van der Waals surface area contributed by atoms with Gasteiger partial charge in [-0.3, -0.25) is 0 Å². The van der Waals surface area contributed by atoms with Gasteiger partial charge in [-0.2, -0.15) is 0 Å². The van der Waals surface area contributed by atoms with Crippen LogP contribution in [0.5, 0.6) is 0 Å². The molecule has 86 valence electrons. The van der Waals surface area contributed by atoms with Crippen LogP contribution in [0.4, 0.5) is 0 Å². The van der Waals surface area contributed by atoms with Crippen LogP contribution < -0.4 is 5.73 Å². The van der Waals surface area contributed by atoms with Gasteiger partial charge in [-0.1, -0.05) is 0 Å². The highest BCUT2D eigenvalue weighted by molar-refractivity contribution is 7.13. The number of hydrogen-bond acceptors (Lipinski definition) is 4. The summed E-state index contributed by atoms with van der Waals surface area (Å²) >= 11 is 1.62. The van der Waals surface area contributed by atoms with Crippen LogP contribution in [0.2, 0.25) is 0 Å². The third kappa shape index (κ3) is 1.83. The van der Waals surface area contributed by atoms with Gasteiger partial charge in [0.15, 0.2) is 0 Å². The van der Waals surface area contributed by atoms with Crippen LogP contribution in [0.1, 0.15) is 11.5 Å². The molecule has 0 spiro atoms. The fourth-order valence-corrected chi connectivity index (χ4v) is 2.63. The number of thiazole rings is 1. The Morgan fingerprint density at radius 1 is 1.35 bits per heavy atom. The van der Waals surface area contributed by atoms with Gasteiger partial charge in [0.2, 0.25) is 0 Å². The van der Waals surface area contributed by atoms with Crippen LogP contribution in [0.3, 0.4) is 0 Å². The summed E-state index contributed by atoms with van der Waals surface area (Å²) in [5, 5.41) is 3.00. The third-order valence-electron chi connectivity index (χ3n) is 2.61. The number of aromatic amines is 1. The Morgan fingerprint density at radius 3 is 3.00 bits per heavy atom. The molecule has 0 saturated carbocycles. The first kappa shape index (κ1) is 10.4. The van der Waals surface area contributed by atoms with E-state index in [0.717, 1.165) is 33.1 Å². The molecular formula is C12H12N4S. The smallest absolute Gasteiger partial charge is 0.123 e. The lowest BCUT2D eigenvalue weighted by Gasteiger charge is -1.95. The van der Waals surface area contributed by atoms with Crippen molar-refractivity contribution in [2.75, 3.05) is 0 Å². The summed E-state index contributed by atoms with van der Waals surface area (Å²) < 4.78 is 0. The van der Waals surface area contributed by atoms with Crippen molar-refractivity contribution in [1.29, 1.82) is 0 Å².